The lowest BCUT2D eigenvalue weighted by atomic mass is 10.0. The minimum Gasteiger partial charge on any atom is -0.384 e. The summed E-state index contributed by atoms with van der Waals surface area (Å²) in [5.41, 5.74) is -0.420. The summed E-state index contributed by atoms with van der Waals surface area (Å²) in [6.07, 6.45) is -7.01. The molecule has 1 aromatic rings. The number of hydrogen-bond donors (Lipinski definition) is 1. The summed E-state index contributed by atoms with van der Waals surface area (Å²) in [5.74, 6) is -1.02. The van der Waals surface area contributed by atoms with Gasteiger partial charge in [-0.3, -0.25) is 0 Å². The number of alkyl halides is 5. The van der Waals surface area contributed by atoms with E-state index in [1.54, 1.807) is 0 Å². The molecule has 1 atom stereocenters. The second-order valence-corrected chi connectivity index (χ2v) is 3.62. The van der Waals surface area contributed by atoms with E-state index < -0.39 is 24.1 Å². The Labute approximate surface area is 88.3 Å². The third-order valence-electron chi connectivity index (χ3n) is 2.60. The molecule has 0 unspecified atom stereocenters. The van der Waals surface area contributed by atoms with Crippen LogP contribution in [0.4, 0.5) is 27.6 Å². The first-order chi connectivity index (χ1) is 7.39. The standard InChI is InChI=1S/C10H8F5N/c11-9(12)7-4-16-8-3-5(10(13,14)15)1-2-6(7)8/h1-3,7,9,16H,4H2/t7-/m0/s1. The van der Waals surface area contributed by atoms with Crippen LogP contribution in [0.3, 0.4) is 0 Å². The summed E-state index contributed by atoms with van der Waals surface area (Å²) in [5, 5.41) is 2.56. The van der Waals surface area contributed by atoms with E-state index in [1.807, 2.05) is 0 Å². The van der Waals surface area contributed by atoms with Gasteiger partial charge in [-0.1, -0.05) is 6.07 Å². The van der Waals surface area contributed by atoms with Crippen molar-refractivity contribution in [2.75, 3.05) is 11.9 Å². The van der Waals surface area contributed by atoms with Gasteiger partial charge in [0, 0.05) is 12.2 Å². The van der Waals surface area contributed by atoms with E-state index >= 15 is 0 Å². The normalized spacial score (nSPS) is 19.8. The number of anilines is 1. The highest BCUT2D eigenvalue weighted by molar-refractivity contribution is 5.59. The molecule has 88 valence electrons. The smallest absolute Gasteiger partial charge is 0.384 e. The third-order valence-corrected chi connectivity index (χ3v) is 2.60. The molecule has 0 aliphatic carbocycles. The summed E-state index contributed by atoms with van der Waals surface area (Å²) in [6.45, 7) is -0.0195. The molecule has 1 nitrogen and oxygen atoms in total. The van der Waals surface area contributed by atoms with Crippen molar-refractivity contribution in [1.82, 2.24) is 0 Å². The fourth-order valence-electron chi connectivity index (χ4n) is 1.76. The minimum atomic E-state index is -4.44. The summed E-state index contributed by atoms with van der Waals surface area (Å²) in [6, 6.07) is 2.83. The lowest BCUT2D eigenvalue weighted by molar-refractivity contribution is -0.137. The van der Waals surface area contributed by atoms with E-state index in [-0.39, 0.29) is 17.8 Å². The number of benzene rings is 1. The summed E-state index contributed by atoms with van der Waals surface area (Å²) >= 11 is 0. The second kappa shape index (κ2) is 3.61. The van der Waals surface area contributed by atoms with Crippen molar-refractivity contribution >= 4 is 5.69 Å². The molecule has 0 spiro atoms. The first-order valence-corrected chi connectivity index (χ1v) is 4.63. The molecule has 2 rings (SSSR count). The van der Waals surface area contributed by atoms with Crippen molar-refractivity contribution in [3.8, 4) is 0 Å². The van der Waals surface area contributed by atoms with Gasteiger partial charge >= 0.3 is 6.18 Å². The predicted octanol–water partition coefficient (Wildman–Crippen LogP) is 3.48. The van der Waals surface area contributed by atoms with E-state index in [0.717, 1.165) is 18.2 Å². The largest absolute Gasteiger partial charge is 0.416 e. The van der Waals surface area contributed by atoms with Gasteiger partial charge < -0.3 is 5.32 Å². The molecule has 0 radical (unpaired) electrons. The molecule has 6 heteroatoms. The van der Waals surface area contributed by atoms with Gasteiger partial charge in [-0.15, -0.1) is 0 Å². The number of rotatable bonds is 1. The van der Waals surface area contributed by atoms with Gasteiger partial charge in [0.15, 0.2) is 0 Å². The number of nitrogens with one attached hydrogen (secondary N) is 1. The van der Waals surface area contributed by atoms with E-state index in [0.29, 0.717) is 0 Å². The van der Waals surface area contributed by atoms with Crippen LogP contribution in [0.25, 0.3) is 0 Å². The van der Waals surface area contributed by atoms with Crippen molar-refractivity contribution in [3.05, 3.63) is 29.3 Å². The molecular weight excluding hydrogens is 229 g/mol. The van der Waals surface area contributed by atoms with Crippen molar-refractivity contribution in [2.45, 2.75) is 18.5 Å². The Bertz CT molecular complexity index is 399. The van der Waals surface area contributed by atoms with Crippen molar-refractivity contribution in [2.24, 2.45) is 0 Å². The van der Waals surface area contributed by atoms with Crippen LogP contribution in [0.15, 0.2) is 18.2 Å². The Morgan fingerprint density at radius 1 is 1.25 bits per heavy atom. The maximum atomic E-state index is 12.5. The minimum absolute atomic E-state index is 0.0195. The first-order valence-electron chi connectivity index (χ1n) is 4.63. The molecule has 16 heavy (non-hydrogen) atoms. The van der Waals surface area contributed by atoms with Gasteiger partial charge in [0.1, 0.15) is 0 Å². The van der Waals surface area contributed by atoms with Gasteiger partial charge in [-0.05, 0) is 17.7 Å². The molecule has 0 saturated carbocycles. The summed E-state index contributed by atoms with van der Waals surface area (Å²) in [7, 11) is 0. The zero-order valence-corrected chi connectivity index (χ0v) is 7.98. The van der Waals surface area contributed by atoms with Crippen LogP contribution in [-0.4, -0.2) is 13.0 Å². The second-order valence-electron chi connectivity index (χ2n) is 3.62. The molecular formula is C10H8F5N. The van der Waals surface area contributed by atoms with Crippen LogP contribution in [0.1, 0.15) is 17.0 Å². The van der Waals surface area contributed by atoms with Crippen LogP contribution >= 0.6 is 0 Å². The van der Waals surface area contributed by atoms with Crippen molar-refractivity contribution in [1.29, 1.82) is 0 Å². The number of halogens is 5. The van der Waals surface area contributed by atoms with Crippen LogP contribution in [0, 0.1) is 0 Å². The highest BCUT2D eigenvalue weighted by atomic mass is 19.4. The van der Waals surface area contributed by atoms with E-state index in [9.17, 15) is 22.0 Å². The van der Waals surface area contributed by atoms with Gasteiger partial charge in [0.25, 0.3) is 0 Å². The lowest BCUT2D eigenvalue weighted by Crippen LogP contribution is -2.10. The Morgan fingerprint density at radius 3 is 2.50 bits per heavy atom. The lowest BCUT2D eigenvalue weighted by Gasteiger charge is -2.10. The number of fused-ring (bicyclic) bond motifs is 1. The average molecular weight is 237 g/mol. The third kappa shape index (κ3) is 1.83. The quantitative estimate of drug-likeness (QED) is 0.737. The van der Waals surface area contributed by atoms with Crippen molar-refractivity contribution < 1.29 is 22.0 Å². The molecule has 1 aromatic carbocycles. The molecule has 0 bridgehead atoms. The zero-order chi connectivity index (χ0) is 11.9. The molecule has 0 fully saturated rings. The van der Waals surface area contributed by atoms with E-state index in [2.05, 4.69) is 5.32 Å². The van der Waals surface area contributed by atoms with Gasteiger partial charge in [0.2, 0.25) is 6.43 Å². The Morgan fingerprint density at radius 2 is 1.94 bits per heavy atom. The van der Waals surface area contributed by atoms with Crippen LogP contribution in [0.2, 0.25) is 0 Å². The highest BCUT2D eigenvalue weighted by Crippen LogP contribution is 2.39. The predicted molar refractivity (Wildman–Crippen MR) is 48.7 cm³/mol. The molecule has 0 amide bonds. The Kier molecular flexibility index (Phi) is 2.52. The van der Waals surface area contributed by atoms with Crippen LogP contribution in [0.5, 0.6) is 0 Å². The molecule has 0 aromatic heterocycles. The molecule has 0 saturated heterocycles. The first kappa shape index (κ1) is 11.2. The molecule has 1 N–H and O–H groups in total. The fourth-order valence-corrected chi connectivity index (χ4v) is 1.76. The van der Waals surface area contributed by atoms with Gasteiger partial charge in [0.05, 0.1) is 11.5 Å². The summed E-state index contributed by atoms with van der Waals surface area (Å²) < 4.78 is 62.0. The molecule has 1 heterocycles. The van der Waals surface area contributed by atoms with Crippen LogP contribution < -0.4 is 5.32 Å². The Hall–Kier alpha value is -1.33. The number of hydrogen-bond acceptors (Lipinski definition) is 1. The topological polar surface area (TPSA) is 12.0 Å². The maximum absolute atomic E-state index is 12.5. The Balaban J connectivity index is 2.37. The summed E-state index contributed by atoms with van der Waals surface area (Å²) in [4.78, 5) is 0. The fraction of sp³-hybridized carbons (Fsp3) is 0.400. The maximum Gasteiger partial charge on any atom is 0.416 e. The monoisotopic (exact) mass is 237 g/mol. The SMILES string of the molecule is FC(F)[C@H]1CNc2cc(C(F)(F)F)ccc21. The van der Waals surface area contributed by atoms with Gasteiger partial charge in [-0.2, -0.15) is 13.2 Å². The average Bonchev–Trinajstić information content (AvgIpc) is 2.58. The molecule has 1 aliphatic heterocycles. The van der Waals surface area contributed by atoms with E-state index in [1.165, 1.54) is 0 Å². The zero-order valence-electron chi connectivity index (χ0n) is 7.98. The van der Waals surface area contributed by atoms with Crippen molar-refractivity contribution in [3.63, 3.8) is 0 Å². The van der Waals surface area contributed by atoms with Gasteiger partial charge in [-0.25, -0.2) is 8.78 Å². The molecule has 1 aliphatic rings. The highest BCUT2D eigenvalue weighted by Gasteiger charge is 2.35. The van der Waals surface area contributed by atoms with E-state index in [4.69, 9.17) is 0 Å². The van der Waals surface area contributed by atoms with Crippen LogP contribution in [-0.2, 0) is 6.18 Å².